The third-order valence-corrected chi connectivity index (χ3v) is 2.98. The second-order valence-corrected chi connectivity index (χ2v) is 5.60. The zero-order valence-electron chi connectivity index (χ0n) is 11.5. The number of nitrogen functional groups attached to an aromatic ring is 1. The summed E-state index contributed by atoms with van der Waals surface area (Å²) in [6, 6.07) is 1.58. The Kier molecular flexibility index (Phi) is 4.54. The molecule has 1 aliphatic heterocycles. The maximum atomic E-state index is 11.6. The lowest BCUT2D eigenvalue weighted by molar-refractivity contribution is 0.00655. The van der Waals surface area contributed by atoms with Crippen molar-refractivity contribution in [2.75, 3.05) is 25.4 Å². The fourth-order valence-corrected chi connectivity index (χ4v) is 1.86. The summed E-state index contributed by atoms with van der Waals surface area (Å²) in [5.74, 6) is 0.667. The Bertz CT molecular complexity index is 490. The first kappa shape index (κ1) is 14.7. The maximum Gasteiger partial charge on any atom is 0.410 e. The molecule has 1 fully saturated rings. The van der Waals surface area contributed by atoms with Crippen LogP contribution in [0.15, 0.2) is 12.3 Å². The van der Waals surface area contributed by atoms with E-state index in [9.17, 15) is 4.79 Å². The number of pyridine rings is 1. The molecule has 2 N–H and O–H groups in total. The van der Waals surface area contributed by atoms with E-state index in [4.69, 9.17) is 26.8 Å². The average molecular weight is 300 g/mol. The van der Waals surface area contributed by atoms with Crippen LogP contribution in [0.3, 0.4) is 0 Å². The Hall–Kier alpha value is -1.69. The third-order valence-electron chi connectivity index (χ3n) is 2.77. The summed E-state index contributed by atoms with van der Waals surface area (Å²) in [6.45, 7) is 5.35. The van der Waals surface area contributed by atoms with Crippen LogP contribution < -0.4 is 10.5 Å². The molecule has 0 unspecified atom stereocenters. The minimum absolute atomic E-state index is 0.113. The number of nitrogens with zero attached hydrogens (tertiary/aromatic N) is 2. The second kappa shape index (κ2) is 6.17. The SMILES string of the molecule is CC(C)COC(=O)N1CC(Oc2ncc(Cl)cc2N)C1. The molecule has 0 spiro atoms. The van der Waals surface area contributed by atoms with Gasteiger partial charge < -0.3 is 20.1 Å². The van der Waals surface area contributed by atoms with Gasteiger partial charge in [0.1, 0.15) is 6.10 Å². The number of rotatable bonds is 4. The van der Waals surface area contributed by atoms with Crippen LogP contribution >= 0.6 is 11.6 Å². The van der Waals surface area contributed by atoms with E-state index in [0.717, 1.165) is 0 Å². The van der Waals surface area contributed by atoms with Gasteiger partial charge in [-0.25, -0.2) is 9.78 Å². The van der Waals surface area contributed by atoms with E-state index >= 15 is 0 Å². The molecule has 0 atom stereocenters. The number of aromatic nitrogens is 1. The quantitative estimate of drug-likeness (QED) is 0.922. The van der Waals surface area contributed by atoms with Crippen molar-refractivity contribution in [3.63, 3.8) is 0 Å². The van der Waals surface area contributed by atoms with Crippen LogP contribution in [0.4, 0.5) is 10.5 Å². The maximum absolute atomic E-state index is 11.6. The second-order valence-electron chi connectivity index (χ2n) is 5.16. The number of halogens is 1. The Labute approximate surface area is 122 Å². The van der Waals surface area contributed by atoms with Crippen molar-refractivity contribution in [3.05, 3.63) is 17.3 Å². The summed E-state index contributed by atoms with van der Waals surface area (Å²) in [5.41, 5.74) is 6.13. The molecule has 1 saturated heterocycles. The van der Waals surface area contributed by atoms with E-state index < -0.39 is 0 Å². The Morgan fingerprint density at radius 3 is 2.90 bits per heavy atom. The standard InChI is InChI=1S/C13H18ClN3O3/c1-8(2)7-19-13(18)17-5-10(6-17)20-12-11(15)3-9(14)4-16-12/h3-4,8,10H,5-7,15H2,1-2H3. The minimum atomic E-state index is -0.310. The molecule has 0 saturated carbocycles. The molecule has 1 amide bonds. The molecule has 0 aromatic carbocycles. The first-order chi connectivity index (χ1) is 9.45. The Morgan fingerprint density at radius 1 is 1.60 bits per heavy atom. The van der Waals surface area contributed by atoms with Crippen LogP contribution in [-0.2, 0) is 4.74 Å². The number of amides is 1. The van der Waals surface area contributed by atoms with Gasteiger partial charge in [0.05, 0.1) is 30.4 Å². The molecule has 6 nitrogen and oxygen atoms in total. The van der Waals surface area contributed by atoms with E-state index in [1.807, 2.05) is 13.8 Å². The van der Waals surface area contributed by atoms with Gasteiger partial charge in [0.2, 0.25) is 5.88 Å². The molecule has 1 aliphatic rings. The van der Waals surface area contributed by atoms with Crippen molar-refractivity contribution in [1.29, 1.82) is 0 Å². The molecule has 20 heavy (non-hydrogen) atoms. The van der Waals surface area contributed by atoms with E-state index in [1.165, 1.54) is 6.20 Å². The molecule has 0 radical (unpaired) electrons. The Morgan fingerprint density at radius 2 is 2.30 bits per heavy atom. The lowest BCUT2D eigenvalue weighted by Crippen LogP contribution is -2.56. The molecule has 2 heterocycles. The fraction of sp³-hybridized carbons (Fsp3) is 0.538. The van der Waals surface area contributed by atoms with Crippen LogP contribution in [0.25, 0.3) is 0 Å². The smallest absolute Gasteiger partial charge is 0.410 e. The molecule has 0 bridgehead atoms. The van der Waals surface area contributed by atoms with Crippen molar-refractivity contribution in [2.24, 2.45) is 5.92 Å². The summed E-state index contributed by atoms with van der Waals surface area (Å²) in [5, 5.41) is 0.461. The van der Waals surface area contributed by atoms with Crippen LogP contribution in [0.2, 0.25) is 5.02 Å². The van der Waals surface area contributed by atoms with Gasteiger partial charge in [-0.05, 0) is 12.0 Å². The van der Waals surface area contributed by atoms with Crippen LogP contribution in [-0.4, -0.2) is 41.8 Å². The van der Waals surface area contributed by atoms with Gasteiger partial charge >= 0.3 is 6.09 Å². The number of hydrogen-bond donors (Lipinski definition) is 1. The van der Waals surface area contributed by atoms with Gasteiger partial charge in [0.25, 0.3) is 0 Å². The number of anilines is 1. The van der Waals surface area contributed by atoms with Gasteiger partial charge in [-0.1, -0.05) is 25.4 Å². The van der Waals surface area contributed by atoms with Crippen molar-refractivity contribution >= 4 is 23.4 Å². The molecule has 2 rings (SSSR count). The third kappa shape index (κ3) is 3.66. The van der Waals surface area contributed by atoms with E-state index in [-0.39, 0.29) is 12.2 Å². The highest BCUT2D eigenvalue weighted by atomic mass is 35.5. The predicted molar refractivity (Wildman–Crippen MR) is 75.8 cm³/mol. The van der Waals surface area contributed by atoms with Crippen LogP contribution in [0, 0.1) is 5.92 Å². The van der Waals surface area contributed by atoms with Gasteiger partial charge in [0, 0.05) is 6.20 Å². The topological polar surface area (TPSA) is 77.7 Å². The lowest BCUT2D eigenvalue weighted by atomic mass is 10.2. The number of carbonyl (C=O) groups is 1. The predicted octanol–water partition coefficient (Wildman–Crippen LogP) is 2.17. The fourth-order valence-electron chi connectivity index (χ4n) is 1.69. The average Bonchev–Trinajstić information content (AvgIpc) is 2.32. The van der Waals surface area contributed by atoms with E-state index in [1.54, 1.807) is 11.0 Å². The summed E-state index contributed by atoms with van der Waals surface area (Å²) < 4.78 is 10.7. The van der Waals surface area contributed by atoms with Gasteiger partial charge in [-0.15, -0.1) is 0 Å². The summed E-state index contributed by atoms with van der Waals surface area (Å²) in [6.07, 6.45) is 1.05. The highest BCUT2D eigenvalue weighted by Gasteiger charge is 2.34. The van der Waals surface area contributed by atoms with Gasteiger partial charge in [0.15, 0.2) is 0 Å². The lowest BCUT2D eigenvalue weighted by Gasteiger charge is -2.37. The molecule has 1 aromatic rings. The highest BCUT2D eigenvalue weighted by Crippen LogP contribution is 2.25. The van der Waals surface area contributed by atoms with Crippen LogP contribution in [0.5, 0.6) is 5.88 Å². The monoisotopic (exact) mass is 299 g/mol. The van der Waals surface area contributed by atoms with Crippen molar-refractivity contribution in [2.45, 2.75) is 20.0 Å². The first-order valence-corrected chi connectivity index (χ1v) is 6.83. The van der Waals surface area contributed by atoms with Crippen LogP contribution in [0.1, 0.15) is 13.8 Å². The largest absolute Gasteiger partial charge is 0.469 e. The number of likely N-dealkylation sites (tertiary alicyclic amines) is 1. The van der Waals surface area contributed by atoms with Gasteiger partial charge in [-0.2, -0.15) is 0 Å². The summed E-state index contributed by atoms with van der Waals surface area (Å²) in [7, 11) is 0. The van der Waals surface area contributed by atoms with E-state index in [0.29, 0.717) is 42.2 Å². The summed E-state index contributed by atoms with van der Waals surface area (Å²) >= 11 is 5.76. The summed E-state index contributed by atoms with van der Waals surface area (Å²) in [4.78, 5) is 17.2. The molecular weight excluding hydrogens is 282 g/mol. The molecule has 0 aliphatic carbocycles. The normalized spacial score (nSPS) is 15.1. The van der Waals surface area contributed by atoms with Crippen molar-refractivity contribution in [3.8, 4) is 5.88 Å². The highest BCUT2D eigenvalue weighted by molar-refractivity contribution is 6.30. The zero-order chi connectivity index (χ0) is 14.7. The van der Waals surface area contributed by atoms with Crippen molar-refractivity contribution < 1.29 is 14.3 Å². The molecule has 110 valence electrons. The van der Waals surface area contributed by atoms with Crippen molar-refractivity contribution in [1.82, 2.24) is 9.88 Å². The molecule has 7 heteroatoms. The zero-order valence-corrected chi connectivity index (χ0v) is 12.3. The minimum Gasteiger partial charge on any atom is -0.469 e. The molecular formula is C13H18ClN3O3. The number of nitrogens with two attached hydrogens (primary N) is 1. The van der Waals surface area contributed by atoms with Gasteiger partial charge in [-0.3, -0.25) is 0 Å². The first-order valence-electron chi connectivity index (χ1n) is 6.45. The Balaban J connectivity index is 1.77. The molecule has 1 aromatic heterocycles. The number of carbonyl (C=O) groups excluding carboxylic acids is 1. The number of ether oxygens (including phenoxy) is 2. The number of hydrogen-bond acceptors (Lipinski definition) is 5. The van der Waals surface area contributed by atoms with E-state index in [2.05, 4.69) is 4.98 Å².